The number of hydrogen-bond donors (Lipinski definition) is 3. The smallest absolute Gasteiger partial charge is 0.180 e. The Kier molecular flexibility index (Phi) is 4.21. The number of fused-ring (bicyclic) bond motifs is 1. The highest BCUT2D eigenvalue weighted by Gasteiger charge is 2.15. The number of nitrogens with one attached hydrogen (secondary N) is 2. The molecule has 2 heterocycles. The molecule has 0 aromatic carbocycles. The van der Waals surface area contributed by atoms with Crippen LogP contribution in [0.15, 0.2) is 18.6 Å². The molecule has 2 aromatic heterocycles. The quantitative estimate of drug-likeness (QED) is 0.738. The molecule has 104 valence electrons. The van der Waals surface area contributed by atoms with Crippen molar-refractivity contribution in [2.24, 2.45) is 5.92 Å². The van der Waals surface area contributed by atoms with Gasteiger partial charge in [0, 0.05) is 18.9 Å². The highest BCUT2D eigenvalue weighted by atomic mass is 16.3. The van der Waals surface area contributed by atoms with Crippen LogP contribution >= 0.6 is 0 Å². The number of anilines is 2. The Morgan fingerprint density at radius 1 is 1.42 bits per heavy atom. The lowest BCUT2D eigenvalue weighted by Crippen LogP contribution is -2.30. The van der Waals surface area contributed by atoms with Gasteiger partial charge in [-0.2, -0.15) is 0 Å². The first-order valence-electron chi connectivity index (χ1n) is 6.60. The molecular formula is C13H21N5O. The van der Waals surface area contributed by atoms with E-state index in [0.29, 0.717) is 11.7 Å². The highest BCUT2D eigenvalue weighted by Crippen LogP contribution is 2.18. The summed E-state index contributed by atoms with van der Waals surface area (Å²) in [6.45, 7) is 7.02. The summed E-state index contributed by atoms with van der Waals surface area (Å²) in [5.74, 6) is 1.79. The Hall–Kier alpha value is -1.82. The van der Waals surface area contributed by atoms with Gasteiger partial charge < -0.3 is 20.1 Å². The summed E-state index contributed by atoms with van der Waals surface area (Å²) in [6, 6.07) is -0.0372. The van der Waals surface area contributed by atoms with Crippen LogP contribution in [0, 0.1) is 5.92 Å². The van der Waals surface area contributed by atoms with E-state index in [1.54, 1.807) is 6.20 Å². The van der Waals surface area contributed by atoms with Crippen molar-refractivity contribution < 1.29 is 5.11 Å². The molecule has 3 N–H and O–H groups in total. The first-order chi connectivity index (χ1) is 9.15. The first kappa shape index (κ1) is 13.6. The summed E-state index contributed by atoms with van der Waals surface area (Å²) in [5.41, 5.74) is 0.765. The van der Waals surface area contributed by atoms with E-state index in [4.69, 9.17) is 0 Å². The van der Waals surface area contributed by atoms with Crippen molar-refractivity contribution in [2.75, 3.05) is 23.8 Å². The summed E-state index contributed by atoms with van der Waals surface area (Å²) in [7, 11) is 0. The van der Waals surface area contributed by atoms with E-state index in [0.717, 1.165) is 18.0 Å². The fourth-order valence-electron chi connectivity index (χ4n) is 1.89. The molecule has 19 heavy (non-hydrogen) atoms. The van der Waals surface area contributed by atoms with Gasteiger partial charge in [-0.1, -0.05) is 13.8 Å². The van der Waals surface area contributed by atoms with Crippen LogP contribution in [0.5, 0.6) is 0 Å². The summed E-state index contributed by atoms with van der Waals surface area (Å²) >= 11 is 0. The Balaban J connectivity index is 2.36. The molecule has 0 aliphatic heterocycles. The van der Waals surface area contributed by atoms with Gasteiger partial charge in [0.15, 0.2) is 11.5 Å². The predicted octanol–water partition coefficient (Wildman–Crippen LogP) is 1.59. The van der Waals surface area contributed by atoms with Crippen LogP contribution in [0.1, 0.15) is 20.8 Å². The molecule has 0 aliphatic carbocycles. The standard InChI is InChI=1S/C13H21N5O/c1-4-14-11-7-18-6-5-15-13(18)12(17-11)16-10(8-19)9(2)3/h5-7,9-10,14,19H,4,8H2,1-3H3,(H,16,17). The third-order valence-electron chi connectivity index (χ3n) is 3.06. The molecule has 6 heteroatoms. The van der Waals surface area contributed by atoms with Crippen LogP contribution in [0.3, 0.4) is 0 Å². The number of aliphatic hydroxyl groups is 1. The Labute approximate surface area is 112 Å². The third kappa shape index (κ3) is 2.96. The van der Waals surface area contributed by atoms with Crippen molar-refractivity contribution in [3.63, 3.8) is 0 Å². The average Bonchev–Trinajstić information content (AvgIpc) is 2.84. The van der Waals surface area contributed by atoms with Crippen molar-refractivity contribution in [2.45, 2.75) is 26.8 Å². The zero-order chi connectivity index (χ0) is 13.8. The molecule has 6 nitrogen and oxygen atoms in total. The van der Waals surface area contributed by atoms with Gasteiger partial charge in [0.2, 0.25) is 0 Å². The molecule has 1 atom stereocenters. The number of rotatable bonds is 6. The van der Waals surface area contributed by atoms with E-state index in [1.807, 2.05) is 23.7 Å². The lowest BCUT2D eigenvalue weighted by atomic mass is 10.1. The van der Waals surface area contributed by atoms with Crippen molar-refractivity contribution in [1.29, 1.82) is 0 Å². The second-order valence-electron chi connectivity index (χ2n) is 4.84. The third-order valence-corrected chi connectivity index (χ3v) is 3.06. The molecule has 0 spiro atoms. The van der Waals surface area contributed by atoms with E-state index in [9.17, 15) is 5.11 Å². The van der Waals surface area contributed by atoms with Gasteiger partial charge in [0.05, 0.1) is 18.8 Å². The van der Waals surface area contributed by atoms with Crippen LogP contribution in [0.25, 0.3) is 5.65 Å². The summed E-state index contributed by atoms with van der Waals surface area (Å²) in [5, 5.41) is 15.9. The molecule has 0 radical (unpaired) electrons. The fraction of sp³-hybridized carbons (Fsp3) is 0.538. The van der Waals surface area contributed by atoms with Gasteiger partial charge in [-0.05, 0) is 12.8 Å². The van der Waals surface area contributed by atoms with Crippen LogP contribution in [0.2, 0.25) is 0 Å². The molecule has 2 aromatic rings. The predicted molar refractivity (Wildman–Crippen MR) is 76.5 cm³/mol. The molecule has 1 unspecified atom stereocenters. The van der Waals surface area contributed by atoms with Crippen LogP contribution < -0.4 is 10.6 Å². The molecule has 0 amide bonds. The second-order valence-corrected chi connectivity index (χ2v) is 4.84. The van der Waals surface area contributed by atoms with E-state index in [-0.39, 0.29) is 12.6 Å². The monoisotopic (exact) mass is 263 g/mol. The maximum Gasteiger partial charge on any atom is 0.180 e. The van der Waals surface area contributed by atoms with Gasteiger partial charge in [-0.25, -0.2) is 9.97 Å². The summed E-state index contributed by atoms with van der Waals surface area (Å²) in [4.78, 5) is 8.81. The number of nitrogens with zero attached hydrogens (tertiary/aromatic N) is 3. The minimum atomic E-state index is -0.0372. The second kappa shape index (κ2) is 5.88. The fourth-order valence-corrected chi connectivity index (χ4v) is 1.89. The number of aliphatic hydroxyl groups excluding tert-OH is 1. The number of aromatic nitrogens is 3. The van der Waals surface area contributed by atoms with E-state index in [1.165, 1.54) is 0 Å². The van der Waals surface area contributed by atoms with Crippen molar-refractivity contribution in [3.05, 3.63) is 18.6 Å². The summed E-state index contributed by atoms with van der Waals surface area (Å²) in [6.07, 6.45) is 5.52. The van der Waals surface area contributed by atoms with Crippen molar-refractivity contribution in [3.8, 4) is 0 Å². The van der Waals surface area contributed by atoms with E-state index in [2.05, 4.69) is 34.4 Å². The Morgan fingerprint density at radius 2 is 2.21 bits per heavy atom. The molecule has 0 aliphatic rings. The molecule has 2 rings (SSSR count). The average molecular weight is 263 g/mol. The Morgan fingerprint density at radius 3 is 2.84 bits per heavy atom. The van der Waals surface area contributed by atoms with Gasteiger partial charge in [-0.3, -0.25) is 0 Å². The molecule has 0 fully saturated rings. The SMILES string of the molecule is CCNc1cn2ccnc2c(NC(CO)C(C)C)n1. The lowest BCUT2D eigenvalue weighted by Gasteiger charge is -2.21. The van der Waals surface area contributed by atoms with Crippen molar-refractivity contribution >= 4 is 17.3 Å². The zero-order valence-corrected chi connectivity index (χ0v) is 11.6. The van der Waals surface area contributed by atoms with E-state index < -0.39 is 0 Å². The van der Waals surface area contributed by atoms with Gasteiger partial charge >= 0.3 is 0 Å². The molecular weight excluding hydrogens is 242 g/mol. The maximum absolute atomic E-state index is 9.42. The van der Waals surface area contributed by atoms with Crippen LogP contribution in [0.4, 0.5) is 11.6 Å². The van der Waals surface area contributed by atoms with E-state index >= 15 is 0 Å². The largest absolute Gasteiger partial charge is 0.394 e. The van der Waals surface area contributed by atoms with Gasteiger partial charge in [0.25, 0.3) is 0 Å². The van der Waals surface area contributed by atoms with Gasteiger partial charge in [0.1, 0.15) is 5.82 Å². The van der Waals surface area contributed by atoms with Gasteiger partial charge in [-0.15, -0.1) is 0 Å². The van der Waals surface area contributed by atoms with Crippen LogP contribution in [-0.4, -0.2) is 38.7 Å². The minimum absolute atomic E-state index is 0.0372. The van der Waals surface area contributed by atoms with Crippen molar-refractivity contribution in [1.82, 2.24) is 14.4 Å². The topological polar surface area (TPSA) is 74.5 Å². The first-order valence-corrected chi connectivity index (χ1v) is 6.60. The molecule has 0 saturated carbocycles. The number of hydrogen-bond acceptors (Lipinski definition) is 5. The zero-order valence-electron chi connectivity index (χ0n) is 11.6. The highest BCUT2D eigenvalue weighted by molar-refractivity contribution is 5.65. The molecule has 0 saturated heterocycles. The Bertz CT molecular complexity index is 537. The van der Waals surface area contributed by atoms with Crippen LogP contribution in [-0.2, 0) is 0 Å². The molecule has 0 bridgehead atoms. The summed E-state index contributed by atoms with van der Waals surface area (Å²) < 4.78 is 1.92. The normalized spacial score (nSPS) is 12.9. The number of imidazole rings is 1. The maximum atomic E-state index is 9.42. The lowest BCUT2D eigenvalue weighted by molar-refractivity contribution is 0.249. The minimum Gasteiger partial charge on any atom is -0.394 e.